The van der Waals surface area contributed by atoms with E-state index in [0.29, 0.717) is 5.41 Å². The van der Waals surface area contributed by atoms with Crippen molar-refractivity contribution in [2.24, 2.45) is 5.41 Å². The third kappa shape index (κ3) is 3.39. The van der Waals surface area contributed by atoms with Gasteiger partial charge in [-0.1, -0.05) is 19.3 Å². The molecule has 0 radical (unpaired) electrons. The molecule has 0 aromatic heterocycles. The molecule has 2 N–H and O–H groups in total. The van der Waals surface area contributed by atoms with E-state index in [9.17, 15) is 9.59 Å². The van der Waals surface area contributed by atoms with Crippen LogP contribution in [0.4, 0.5) is 4.79 Å². The fraction of sp³-hybridized carbons (Fsp3) is 0.857. The van der Waals surface area contributed by atoms with Crippen molar-refractivity contribution in [1.29, 1.82) is 0 Å². The standard InChI is InChI=1S/C14H24N2O3/c1-11(12(17)18)15-13(19)16-9-7-14(8-10-16)5-3-2-4-6-14/h11H,2-10H2,1H3,(H,15,19)(H,17,18)/t11-/m0/s1. The summed E-state index contributed by atoms with van der Waals surface area (Å²) in [6.07, 6.45) is 8.73. The largest absolute Gasteiger partial charge is 0.480 e. The Hall–Kier alpha value is -1.26. The molecule has 5 heteroatoms. The molecule has 1 saturated carbocycles. The molecule has 1 aliphatic carbocycles. The average Bonchev–Trinajstić information content (AvgIpc) is 2.40. The number of carboxylic acids is 1. The predicted molar refractivity (Wildman–Crippen MR) is 72.0 cm³/mol. The number of carbonyl (C=O) groups excluding carboxylic acids is 1. The van der Waals surface area contributed by atoms with E-state index in [1.165, 1.54) is 39.0 Å². The number of amides is 2. The predicted octanol–water partition coefficient (Wildman–Crippen LogP) is 2.22. The van der Waals surface area contributed by atoms with Gasteiger partial charge in [-0.25, -0.2) is 4.79 Å². The molecule has 1 saturated heterocycles. The Balaban J connectivity index is 1.82. The van der Waals surface area contributed by atoms with Gasteiger partial charge in [-0.2, -0.15) is 0 Å². The fourth-order valence-corrected chi connectivity index (χ4v) is 3.32. The number of carboxylic acid groups (broad SMARTS) is 1. The van der Waals surface area contributed by atoms with Crippen LogP contribution < -0.4 is 5.32 Å². The van der Waals surface area contributed by atoms with E-state index in [0.717, 1.165) is 25.9 Å². The van der Waals surface area contributed by atoms with E-state index < -0.39 is 12.0 Å². The molecule has 108 valence electrons. The zero-order valence-electron chi connectivity index (χ0n) is 11.7. The number of piperidine rings is 1. The van der Waals surface area contributed by atoms with Gasteiger partial charge in [-0.05, 0) is 38.0 Å². The minimum absolute atomic E-state index is 0.236. The third-order valence-corrected chi connectivity index (χ3v) is 4.74. The van der Waals surface area contributed by atoms with Gasteiger partial charge in [-0.15, -0.1) is 0 Å². The van der Waals surface area contributed by atoms with Crippen LogP contribution in [0.5, 0.6) is 0 Å². The van der Waals surface area contributed by atoms with E-state index in [4.69, 9.17) is 5.11 Å². The number of nitrogens with one attached hydrogen (secondary N) is 1. The van der Waals surface area contributed by atoms with Gasteiger partial charge in [0.1, 0.15) is 6.04 Å². The van der Waals surface area contributed by atoms with E-state index >= 15 is 0 Å². The van der Waals surface area contributed by atoms with Crippen LogP contribution in [0, 0.1) is 5.41 Å². The molecular weight excluding hydrogens is 244 g/mol. The van der Waals surface area contributed by atoms with Crippen molar-refractivity contribution in [3.63, 3.8) is 0 Å². The monoisotopic (exact) mass is 268 g/mol. The SMILES string of the molecule is C[C@H](NC(=O)N1CCC2(CCCCC2)CC1)C(=O)O. The lowest BCUT2D eigenvalue weighted by Crippen LogP contribution is -2.51. The summed E-state index contributed by atoms with van der Waals surface area (Å²) >= 11 is 0. The molecule has 2 rings (SSSR count). The Labute approximate surface area is 114 Å². The highest BCUT2D eigenvalue weighted by Gasteiger charge is 2.36. The average molecular weight is 268 g/mol. The van der Waals surface area contributed by atoms with Crippen LogP contribution in [0.1, 0.15) is 51.9 Å². The molecular formula is C14H24N2O3. The van der Waals surface area contributed by atoms with Crippen molar-refractivity contribution in [3.05, 3.63) is 0 Å². The first-order valence-corrected chi connectivity index (χ1v) is 7.31. The maximum Gasteiger partial charge on any atom is 0.325 e. The van der Waals surface area contributed by atoms with Crippen LogP contribution in [-0.2, 0) is 4.79 Å². The molecule has 1 aliphatic heterocycles. The number of rotatable bonds is 2. The molecule has 2 aliphatic rings. The van der Waals surface area contributed by atoms with Gasteiger partial charge >= 0.3 is 12.0 Å². The van der Waals surface area contributed by atoms with Crippen molar-refractivity contribution in [2.45, 2.75) is 57.9 Å². The van der Waals surface area contributed by atoms with E-state index in [2.05, 4.69) is 5.32 Å². The fourth-order valence-electron chi connectivity index (χ4n) is 3.32. The molecule has 19 heavy (non-hydrogen) atoms. The quantitative estimate of drug-likeness (QED) is 0.806. The first-order chi connectivity index (χ1) is 9.02. The summed E-state index contributed by atoms with van der Waals surface area (Å²) in [6, 6.07) is -1.06. The Morgan fingerprint density at radius 3 is 2.21 bits per heavy atom. The molecule has 2 fully saturated rings. The number of hydrogen-bond acceptors (Lipinski definition) is 2. The number of nitrogens with zero attached hydrogens (tertiary/aromatic N) is 1. The second-order valence-corrected chi connectivity index (χ2v) is 6.06. The number of aliphatic carboxylic acids is 1. The highest BCUT2D eigenvalue weighted by atomic mass is 16.4. The first-order valence-electron chi connectivity index (χ1n) is 7.31. The maximum absolute atomic E-state index is 11.9. The number of urea groups is 1. The zero-order chi connectivity index (χ0) is 13.9. The third-order valence-electron chi connectivity index (χ3n) is 4.74. The number of hydrogen-bond donors (Lipinski definition) is 2. The van der Waals surface area contributed by atoms with Gasteiger partial charge < -0.3 is 15.3 Å². The molecule has 0 unspecified atom stereocenters. The molecule has 1 heterocycles. The lowest BCUT2D eigenvalue weighted by Gasteiger charge is -2.44. The van der Waals surface area contributed by atoms with Crippen LogP contribution in [0.3, 0.4) is 0 Å². The molecule has 2 amide bonds. The Bertz CT molecular complexity index is 341. The Kier molecular flexibility index (Phi) is 4.32. The Morgan fingerprint density at radius 2 is 1.68 bits per heavy atom. The van der Waals surface area contributed by atoms with Crippen LogP contribution in [-0.4, -0.2) is 41.1 Å². The summed E-state index contributed by atoms with van der Waals surface area (Å²) in [6.45, 7) is 3.02. The second-order valence-electron chi connectivity index (χ2n) is 6.06. The van der Waals surface area contributed by atoms with E-state index in [-0.39, 0.29) is 6.03 Å². The zero-order valence-corrected chi connectivity index (χ0v) is 11.7. The molecule has 0 aromatic rings. The highest BCUT2D eigenvalue weighted by molar-refractivity contribution is 5.82. The topological polar surface area (TPSA) is 69.6 Å². The second kappa shape index (κ2) is 5.80. The van der Waals surface area contributed by atoms with E-state index in [1.807, 2.05) is 0 Å². The summed E-state index contributed by atoms with van der Waals surface area (Å²) in [5.74, 6) is -0.992. The maximum atomic E-state index is 11.9. The highest BCUT2D eigenvalue weighted by Crippen LogP contribution is 2.44. The summed E-state index contributed by atoms with van der Waals surface area (Å²) in [5.41, 5.74) is 0.466. The first kappa shape index (κ1) is 14.2. The number of carbonyl (C=O) groups is 2. The summed E-state index contributed by atoms with van der Waals surface area (Å²) in [5, 5.41) is 11.3. The minimum Gasteiger partial charge on any atom is -0.480 e. The lowest BCUT2D eigenvalue weighted by molar-refractivity contribution is -0.138. The van der Waals surface area contributed by atoms with Crippen LogP contribution in [0.25, 0.3) is 0 Å². The molecule has 0 bridgehead atoms. The van der Waals surface area contributed by atoms with Gasteiger partial charge in [0.15, 0.2) is 0 Å². The summed E-state index contributed by atoms with van der Waals surface area (Å²) < 4.78 is 0. The van der Waals surface area contributed by atoms with E-state index in [1.54, 1.807) is 4.90 Å². The van der Waals surface area contributed by atoms with Crippen molar-refractivity contribution in [3.8, 4) is 0 Å². The van der Waals surface area contributed by atoms with Crippen molar-refractivity contribution in [1.82, 2.24) is 10.2 Å². The Morgan fingerprint density at radius 1 is 1.11 bits per heavy atom. The number of likely N-dealkylation sites (tertiary alicyclic amines) is 1. The van der Waals surface area contributed by atoms with Crippen molar-refractivity contribution >= 4 is 12.0 Å². The molecule has 1 spiro atoms. The van der Waals surface area contributed by atoms with Crippen molar-refractivity contribution in [2.75, 3.05) is 13.1 Å². The summed E-state index contributed by atoms with van der Waals surface area (Å²) in [4.78, 5) is 24.4. The normalized spacial score (nSPS) is 23.9. The van der Waals surface area contributed by atoms with Crippen LogP contribution >= 0.6 is 0 Å². The molecule has 0 aromatic carbocycles. The minimum atomic E-state index is -0.992. The smallest absolute Gasteiger partial charge is 0.325 e. The lowest BCUT2D eigenvalue weighted by atomic mass is 9.68. The van der Waals surface area contributed by atoms with Crippen molar-refractivity contribution < 1.29 is 14.7 Å². The van der Waals surface area contributed by atoms with Gasteiger partial charge in [0.2, 0.25) is 0 Å². The van der Waals surface area contributed by atoms with Gasteiger partial charge in [0.25, 0.3) is 0 Å². The summed E-state index contributed by atoms with van der Waals surface area (Å²) in [7, 11) is 0. The molecule has 1 atom stereocenters. The van der Waals surface area contributed by atoms with Crippen LogP contribution in [0.2, 0.25) is 0 Å². The van der Waals surface area contributed by atoms with Crippen LogP contribution in [0.15, 0.2) is 0 Å². The van der Waals surface area contributed by atoms with Gasteiger partial charge in [0.05, 0.1) is 0 Å². The molecule has 5 nitrogen and oxygen atoms in total. The van der Waals surface area contributed by atoms with Gasteiger partial charge in [-0.3, -0.25) is 4.79 Å². The van der Waals surface area contributed by atoms with Gasteiger partial charge in [0, 0.05) is 13.1 Å².